The predicted molar refractivity (Wildman–Crippen MR) is 83.8 cm³/mol. The summed E-state index contributed by atoms with van der Waals surface area (Å²) in [5.41, 5.74) is -0.631. The second-order valence-electron chi connectivity index (χ2n) is 5.81. The van der Waals surface area contributed by atoms with E-state index in [1.165, 1.54) is 11.3 Å². The third-order valence-electron chi connectivity index (χ3n) is 4.16. The summed E-state index contributed by atoms with van der Waals surface area (Å²) in [6.07, 6.45) is 4.22. The van der Waals surface area contributed by atoms with Gasteiger partial charge in [0.15, 0.2) is 0 Å². The molecule has 1 saturated carbocycles. The van der Waals surface area contributed by atoms with Gasteiger partial charge in [-0.2, -0.15) is 0 Å². The largest absolute Gasteiger partial charge is 0.481 e. The smallest absolute Gasteiger partial charge is 0.308 e. The number of nitrogens with one attached hydrogen (secondary N) is 1. The van der Waals surface area contributed by atoms with E-state index in [2.05, 4.69) is 5.32 Å². The first kappa shape index (κ1) is 16.3. The van der Waals surface area contributed by atoms with Crippen LogP contribution in [0.1, 0.15) is 43.9 Å². The van der Waals surface area contributed by atoms with Crippen LogP contribution in [0.15, 0.2) is 12.1 Å². The van der Waals surface area contributed by atoms with Gasteiger partial charge in [-0.1, -0.05) is 24.4 Å². The van der Waals surface area contributed by atoms with Crippen molar-refractivity contribution in [3.63, 3.8) is 0 Å². The number of carbonyl (C=O) groups is 2. The molecule has 0 aliphatic heterocycles. The van der Waals surface area contributed by atoms with Crippen molar-refractivity contribution in [3.8, 4) is 0 Å². The molecule has 1 aliphatic carbocycles. The highest BCUT2D eigenvalue weighted by Crippen LogP contribution is 2.34. The Bertz CT molecular complexity index is 531. The number of amides is 1. The third-order valence-corrected chi connectivity index (χ3v) is 5.45. The average molecular weight is 330 g/mol. The maximum atomic E-state index is 12.1. The predicted octanol–water partition coefficient (Wildman–Crippen LogP) is 3.48. The zero-order chi connectivity index (χ0) is 15.5. The number of hydrogen-bond acceptors (Lipinski definition) is 3. The van der Waals surface area contributed by atoms with E-state index >= 15 is 0 Å². The van der Waals surface area contributed by atoms with E-state index in [0.29, 0.717) is 19.3 Å². The molecule has 1 aliphatic rings. The molecule has 4 nitrogen and oxygen atoms in total. The second kappa shape index (κ2) is 6.79. The molecule has 1 amide bonds. The van der Waals surface area contributed by atoms with Crippen LogP contribution in [0, 0.1) is 5.92 Å². The molecule has 1 aromatic rings. The molecule has 0 radical (unpaired) electrons. The van der Waals surface area contributed by atoms with E-state index < -0.39 is 17.4 Å². The summed E-state index contributed by atoms with van der Waals surface area (Å²) in [5.74, 6) is -1.40. The van der Waals surface area contributed by atoms with Crippen molar-refractivity contribution < 1.29 is 14.7 Å². The standard InChI is InChI=1S/C15H20ClNO3S/c1-15(9-3-2-4-11(15)14(19)20)17-13(18)8-6-10-5-7-12(16)21-10/h5,7,11H,2-4,6,8-9H2,1H3,(H,17,18)(H,19,20). The minimum Gasteiger partial charge on any atom is -0.481 e. The second-order valence-corrected chi connectivity index (χ2v) is 7.61. The molecule has 21 heavy (non-hydrogen) atoms. The van der Waals surface area contributed by atoms with Gasteiger partial charge in [0, 0.05) is 11.3 Å². The lowest BCUT2D eigenvalue weighted by Gasteiger charge is -2.39. The summed E-state index contributed by atoms with van der Waals surface area (Å²) >= 11 is 7.33. The third kappa shape index (κ3) is 4.20. The number of rotatable bonds is 5. The van der Waals surface area contributed by atoms with Gasteiger partial charge in [-0.25, -0.2) is 0 Å². The van der Waals surface area contributed by atoms with E-state index in [-0.39, 0.29) is 5.91 Å². The molecule has 1 fully saturated rings. The SMILES string of the molecule is CC1(NC(=O)CCc2ccc(Cl)s2)CCCCC1C(=O)O. The molecule has 2 atom stereocenters. The lowest BCUT2D eigenvalue weighted by molar-refractivity contribution is -0.146. The van der Waals surface area contributed by atoms with Crippen molar-refractivity contribution in [2.24, 2.45) is 5.92 Å². The first-order chi connectivity index (χ1) is 9.90. The van der Waals surface area contributed by atoms with E-state index in [1.807, 2.05) is 19.1 Å². The number of hydrogen-bond donors (Lipinski definition) is 2. The fourth-order valence-electron chi connectivity index (χ4n) is 2.98. The van der Waals surface area contributed by atoms with E-state index in [9.17, 15) is 14.7 Å². The van der Waals surface area contributed by atoms with Gasteiger partial charge >= 0.3 is 5.97 Å². The Hall–Kier alpha value is -1.07. The monoisotopic (exact) mass is 329 g/mol. The zero-order valence-electron chi connectivity index (χ0n) is 12.0. The fourth-order valence-corrected chi connectivity index (χ4v) is 4.07. The topological polar surface area (TPSA) is 66.4 Å². The van der Waals surface area contributed by atoms with Crippen molar-refractivity contribution in [3.05, 3.63) is 21.3 Å². The summed E-state index contributed by atoms with van der Waals surface area (Å²) in [7, 11) is 0. The Kier molecular flexibility index (Phi) is 5.27. The van der Waals surface area contributed by atoms with Gasteiger partial charge in [0.05, 0.1) is 15.8 Å². The van der Waals surface area contributed by atoms with Crippen molar-refractivity contribution >= 4 is 34.8 Å². The van der Waals surface area contributed by atoms with E-state index in [1.54, 1.807) is 0 Å². The molecule has 0 saturated heterocycles. The summed E-state index contributed by atoms with van der Waals surface area (Å²) in [4.78, 5) is 24.6. The van der Waals surface area contributed by atoms with Gasteiger partial charge in [0.1, 0.15) is 0 Å². The van der Waals surface area contributed by atoms with E-state index in [0.717, 1.165) is 28.5 Å². The highest BCUT2D eigenvalue weighted by atomic mass is 35.5. The maximum Gasteiger partial charge on any atom is 0.308 e. The number of carbonyl (C=O) groups excluding carboxylic acids is 1. The molecule has 0 aromatic carbocycles. The number of thiophene rings is 1. The molecule has 2 N–H and O–H groups in total. The molecule has 2 unspecified atom stereocenters. The molecular weight excluding hydrogens is 310 g/mol. The minimum absolute atomic E-state index is 0.0878. The number of carboxylic acids is 1. The Morgan fingerprint density at radius 2 is 2.24 bits per heavy atom. The first-order valence-electron chi connectivity index (χ1n) is 7.19. The molecule has 2 rings (SSSR count). The first-order valence-corrected chi connectivity index (χ1v) is 8.38. The maximum absolute atomic E-state index is 12.1. The molecule has 116 valence electrons. The van der Waals surface area contributed by atoms with Crippen LogP contribution in [0.5, 0.6) is 0 Å². The van der Waals surface area contributed by atoms with Crippen LogP contribution in [-0.4, -0.2) is 22.5 Å². The van der Waals surface area contributed by atoms with Crippen LogP contribution in [-0.2, 0) is 16.0 Å². The summed E-state index contributed by atoms with van der Waals surface area (Å²) in [6.45, 7) is 1.85. The van der Waals surface area contributed by atoms with E-state index in [4.69, 9.17) is 11.6 Å². The van der Waals surface area contributed by atoms with Crippen LogP contribution in [0.2, 0.25) is 4.34 Å². The van der Waals surface area contributed by atoms with Crippen LogP contribution in [0.25, 0.3) is 0 Å². The zero-order valence-corrected chi connectivity index (χ0v) is 13.6. The van der Waals surface area contributed by atoms with Gasteiger partial charge in [-0.05, 0) is 38.3 Å². The van der Waals surface area contributed by atoms with Crippen LogP contribution >= 0.6 is 22.9 Å². The minimum atomic E-state index is -0.817. The molecule has 0 spiro atoms. The average Bonchev–Trinajstić information content (AvgIpc) is 2.82. The number of carboxylic acid groups (broad SMARTS) is 1. The Labute approximate surface area is 133 Å². The van der Waals surface area contributed by atoms with Crippen molar-refractivity contribution in [2.75, 3.05) is 0 Å². The van der Waals surface area contributed by atoms with Crippen molar-refractivity contribution in [2.45, 2.75) is 51.0 Å². The Morgan fingerprint density at radius 3 is 2.86 bits per heavy atom. The van der Waals surface area contributed by atoms with Crippen molar-refractivity contribution in [1.29, 1.82) is 0 Å². The number of aryl methyl sites for hydroxylation is 1. The summed E-state index contributed by atoms with van der Waals surface area (Å²) in [6, 6.07) is 3.74. The fraction of sp³-hybridized carbons (Fsp3) is 0.600. The van der Waals surface area contributed by atoms with Gasteiger partial charge in [-0.3, -0.25) is 9.59 Å². The highest BCUT2D eigenvalue weighted by Gasteiger charge is 2.41. The quantitative estimate of drug-likeness (QED) is 0.869. The summed E-state index contributed by atoms with van der Waals surface area (Å²) in [5, 5.41) is 12.3. The normalized spacial score (nSPS) is 25.5. The van der Waals surface area contributed by atoms with Crippen LogP contribution < -0.4 is 5.32 Å². The highest BCUT2D eigenvalue weighted by molar-refractivity contribution is 7.16. The van der Waals surface area contributed by atoms with Gasteiger partial charge < -0.3 is 10.4 Å². The molecular formula is C15H20ClNO3S. The number of halogens is 1. The number of aliphatic carboxylic acids is 1. The lowest BCUT2D eigenvalue weighted by Crippen LogP contribution is -2.55. The molecule has 6 heteroatoms. The Morgan fingerprint density at radius 1 is 1.48 bits per heavy atom. The molecule has 1 aromatic heterocycles. The van der Waals surface area contributed by atoms with Gasteiger partial charge in [-0.15, -0.1) is 11.3 Å². The lowest BCUT2D eigenvalue weighted by atomic mass is 9.74. The Balaban J connectivity index is 1.92. The van der Waals surface area contributed by atoms with Crippen molar-refractivity contribution in [1.82, 2.24) is 5.32 Å². The van der Waals surface area contributed by atoms with Gasteiger partial charge in [0.25, 0.3) is 0 Å². The van der Waals surface area contributed by atoms with Gasteiger partial charge in [0.2, 0.25) is 5.91 Å². The van der Waals surface area contributed by atoms with Crippen LogP contribution in [0.3, 0.4) is 0 Å². The molecule has 1 heterocycles. The molecule has 0 bridgehead atoms. The van der Waals surface area contributed by atoms with Crippen LogP contribution in [0.4, 0.5) is 0 Å². The summed E-state index contributed by atoms with van der Waals surface area (Å²) < 4.78 is 0.718.